The zero-order valence-corrected chi connectivity index (χ0v) is 10.4. The fourth-order valence-corrected chi connectivity index (χ4v) is 2.14. The third kappa shape index (κ3) is 3.33. The molecule has 1 aliphatic carbocycles. The Hall–Kier alpha value is -1.83. The van der Waals surface area contributed by atoms with Crippen LogP contribution in [0.2, 0.25) is 0 Å². The largest absolute Gasteiger partial charge is 0.455 e. The fourth-order valence-electron chi connectivity index (χ4n) is 2.14. The molecule has 0 heterocycles. The second-order valence-electron chi connectivity index (χ2n) is 4.56. The van der Waals surface area contributed by atoms with Gasteiger partial charge < -0.3 is 4.74 Å². The lowest BCUT2D eigenvalue weighted by Crippen LogP contribution is -2.20. The Kier molecular flexibility index (Phi) is 4.35. The van der Waals surface area contributed by atoms with Crippen molar-refractivity contribution in [3.05, 3.63) is 60.7 Å². The summed E-state index contributed by atoms with van der Waals surface area (Å²) in [5.74, 6) is 0.307. The van der Waals surface area contributed by atoms with Gasteiger partial charge in [0.05, 0.1) is 5.56 Å². The van der Waals surface area contributed by atoms with E-state index in [1.165, 1.54) is 0 Å². The second kappa shape index (κ2) is 6.20. The van der Waals surface area contributed by atoms with Gasteiger partial charge in [-0.15, -0.1) is 6.58 Å². The summed E-state index contributed by atoms with van der Waals surface area (Å²) in [6.45, 7) is 3.74. The first kappa shape index (κ1) is 12.6. The van der Waals surface area contributed by atoms with E-state index in [1.54, 1.807) is 12.1 Å². The summed E-state index contributed by atoms with van der Waals surface area (Å²) in [5, 5.41) is 0. The fraction of sp³-hybridized carbons (Fsp3) is 0.312. The van der Waals surface area contributed by atoms with Gasteiger partial charge in [0, 0.05) is 0 Å². The maximum absolute atomic E-state index is 11.8. The van der Waals surface area contributed by atoms with E-state index in [1.807, 2.05) is 30.4 Å². The smallest absolute Gasteiger partial charge is 0.338 e. The van der Waals surface area contributed by atoms with Gasteiger partial charge in [-0.25, -0.2) is 4.79 Å². The summed E-state index contributed by atoms with van der Waals surface area (Å²) < 4.78 is 5.45. The molecule has 0 saturated carbocycles. The van der Waals surface area contributed by atoms with Crippen molar-refractivity contribution in [2.24, 2.45) is 5.92 Å². The molecule has 2 nitrogen and oxygen atoms in total. The van der Waals surface area contributed by atoms with Crippen molar-refractivity contribution in [1.29, 1.82) is 0 Å². The summed E-state index contributed by atoms with van der Waals surface area (Å²) in [4.78, 5) is 11.8. The number of allylic oxidation sites excluding steroid dienone is 2. The average molecular weight is 242 g/mol. The van der Waals surface area contributed by atoms with Gasteiger partial charge in [-0.2, -0.15) is 0 Å². The highest BCUT2D eigenvalue weighted by molar-refractivity contribution is 5.89. The van der Waals surface area contributed by atoms with Crippen LogP contribution in [0.1, 0.15) is 29.6 Å². The minimum atomic E-state index is -0.243. The highest BCUT2D eigenvalue weighted by atomic mass is 16.5. The predicted octanol–water partition coefficient (Wildman–Crippen LogP) is 3.75. The quantitative estimate of drug-likeness (QED) is 0.593. The van der Waals surface area contributed by atoms with Crippen LogP contribution in [0.4, 0.5) is 0 Å². The molecule has 2 rings (SSSR count). The van der Waals surface area contributed by atoms with Crippen molar-refractivity contribution in [3.63, 3.8) is 0 Å². The molecule has 0 radical (unpaired) electrons. The Morgan fingerprint density at radius 2 is 2.06 bits per heavy atom. The van der Waals surface area contributed by atoms with Crippen LogP contribution in [-0.2, 0) is 4.74 Å². The van der Waals surface area contributed by atoms with E-state index in [0.717, 1.165) is 19.3 Å². The molecule has 1 aromatic rings. The van der Waals surface area contributed by atoms with E-state index < -0.39 is 0 Å². The zero-order valence-electron chi connectivity index (χ0n) is 10.4. The van der Waals surface area contributed by atoms with Gasteiger partial charge in [0.25, 0.3) is 0 Å². The second-order valence-corrected chi connectivity index (χ2v) is 4.56. The number of rotatable bonds is 4. The van der Waals surface area contributed by atoms with E-state index in [-0.39, 0.29) is 12.1 Å². The third-order valence-corrected chi connectivity index (χ3v) is 3.16. The number of hydrogen-bond donors (Lipinski definition) is 0. The first-order valence-corrected chi connectivity index (χ1v) is 6.35. The van der Waals surface area contributed by atoms with E-state index in [9.17, 15) is 4.79 Å². The molecular weight excluding hydrogens is 224 g/mol. The third-order valence-electron chi connectivity index (χ3n) is 3.16. The van der Waals surface area contributed by atoms with Crippen molar-refractivity contribution in [2.45, 2.75) is 25.4 Å². The van der Waals surface area contributed by atoms with Crippen molar-refractivity contribution < 1.29 is 9.53 Å². The molecule has 0 unspecified atom stereocenters. The van der Waals surface area contributed by atoms with Crippen LogP contribution < -0.4 is 0 Å². The van der Waals surface area contributed by atoms with Gasteiger partial charge in [-0.05, 0) is 43.4 Å². The van der Waals surface area contributed by atoms with Crippen LogP contribution in [0.3, 0.4) is 0 Å². The van der Waals surface area contributed by atoms with E-state index in [2.05, 4.69) is 12.7 Å². The molecule has 0 spiro atoms. The SMILES string of the molecule is C=CC[C@@H]1C=C[C@H](OC(=O)c2ccccc2)CC1. The van der Waals surface area contributed by atoms with Crippen LogP contribution in [0.15, 0.2) is 55.1 Å². The summed E-state index contributed by atoms with van der Waals surface area (Å²) >= 11 is 0. The zero-order chi connectivity index (χ0) is 12.8. The van der Waals surface area contributed by atoms with Crippen molar-refractivity contribution in [1.82, 2.24) is 0 Å². The van der Waals surface area contributed by atoms with Crippen molar-refractivity contribution in [2.75, 3.05) is 0 Å². The summed E-state index contributed by atoms with van der Waals surface area (Å²) in [7, 11) is 0. The number of hydrogen-bond acceptors (Lipinski definition) is 2. The molecule has 0 N–H and O–H groups in total. The molecule has 0 aliphatic heterocycles. The van der Waals surface area contributed by atoms with Crippen molar-refractivity contribution >= 4 is 5.97 Å². The van der Waals surface area contributed by atoms with E-state index >= 15 is 0 Å². The molecule has 0 saturated heterocycles. The molecule has 2 atom stereocenters. The number of ether oxygens (including phenoxy) is 1. The summed E-state index contributed by atoms with van der Waals surface area (Å²) in [5.41, 5.74) is 0.610. The predicted molar refractivity (Wildman–Crippen MR) is 72.3 cm³/mol. The first-order valence-electron chi connectivity index (χ1n) is 6.35. The highest BCUT2D eigenvalue weighted by Gasteiger charge is 2.18. The maximum Gasteiger partial charge on any atom is 0.338 e. The van der Waals surface area contributed by atoms with Gasteiger partial charge in [-0.3, -0.25) is 0 Å². The van der Waals surface area contributed by atoms with Crippen LogP contribution in [0.5, 0.6) is 0 Å². The van der Waals surface area contributed by atoms with Crippen LogP contribution in [-0.4, -0.2) is 12.1 Å². The van der Waals surface area contributed by atoms with Gasteiger partial charge >= 0.3 is 5.97 Å². The summed E-state index contributed by atoms with van der Waals surface area (Å²) in [6, 6.07) is 9.11. The first-order chi connectivity index (χ1) is 8.79. The van der Waals surface area contributed by atoms with Crippen LogP contribution in [0.25, 0.3) is 0 Å². The summed E-state index contributed by atoms with van der Waals surface area (Å²) in [6.07, 6.45) is 8.93. The minimum absolute atomic E-state index is 0.0845. The van der Waals surface area contributed by atoms with Gasteiger partial charge in [0.1, 0.15) is 6.10 Å². The van der Waals surface area contributed by atoms with Gasteiger partial charge in [0.2, 0.25) is 0 Å². The molecular formula is C16H18O2. The van der Waals surface area contributed by atoms with Gasteiger partial charge in [-0.1, -0.05) is 30.4 Å². The normalized spacial score (nSPS) is 22.4. The molecule has 1 aliphatic rings. The number of carbonyl (C=O) groups excluding carboxylic acids is 1. The Balaban J connectivity index is 1.90. The monoisotopic (exact) mass is 242 g/mol. The number of benzene rings is 1. The molecule has 18 heavy (non-hydrogen) atoms. The topological polar surface area (TPSA) is 26.3 Å². The van der Waals surface area contributed by atoms with Crippen molar-refractivity contribution in [3.8, 4) is 0 Å². The highest BCUT2D eigenvalue weighted by Crippen LogP contribution is 2.23. The van der Waals surface area contributed by atoms with Gasteiger partial charge in [0.15, 0.2) is 0 Å². The number of carbonyl (C=O) groups is 1. The lowest BCUT2D eigenvalue weighted by atomic mass is 9.92. The molecule has 0 amide bonds. The average Bonchev–Trinajstić information content (AvgIpc) is 2.42. The Bertz CT molecular complexity index is 434. The van der Waals surface area contributed by atoms with Crippen LogP contribution in [0, 0.1) is 5.92 Å². The lowest BCUT2D eigenvalue weighted by Gasteiger charge is -2.22. The van der Waals surface area contributed by atoms with E-state index in [4.69, 9.17) is 4.74 Å². The van der Waals surface area contributed by atoms with Crippen LogP contribution >= 0.6 is 0 Å². The standard InChI is InChI=1S/C16H18O2/c1-2-6-13-9-11-15(12-10-13)18-16(17)14-7-4-3-5-8-14/h2-5,7-9,11,13,15H,1,6,10,12H2/t13-,15+/m1/s1. The molecule has 0 aromatic heterocycles. The van der Waals surface area contributed by atoms with E-state index in [0.29, 0.717) is 11.5 Å². The molecule has 0 fully saturated rings. The Morgan fingerprint density at radius 3 is 2.67 bits per heavy atom. The molecule has 1 aromatic carbocycles. The maximum atomic E-state index is 11.8. The Labute approximate surface area is 108 Å². The number of esters is 1. The lowest BCUT2D eigenvalue weighted by molar-refractivity contribution is 0.0360. The molecule has 0 bridgehead atoms. The Morgan fingerprint density at radius 1 is 1.28 bits per heavy atom. The molecule has 94 valence electrons. The minimum Gasteiger partial charge on any atom is -0.455 e. The molecule has 2 heteroatoms.